The Morgan fingerprint density at radius 1 is 1.40 bits per heavy atom. The lowest BCUT2D eigenvalue weighted by atomic mass is 10.1. The average molecular weight is 302 g/mol. The molecule has 0 atom stereocenters. The molecule has 0 saturated carbocycles. The van der Waals surface area contributed by atoms with Crippen molar-refractivity contribution in [3.63, 3.8) is 0 Å². The second-order valence-corrected chi connectivity index (χ2v) is 5.76. The van der Waals surface area contributed by atoms with Crippen molar-refractivity contribution in [3.05, 3.63) is 16.4 Å². The standard InChI is InChI=1S/C14H24ClN3O2/c1-11-13(14(15)17(2)16-11)10-18-6-4-12(5-7-18)20-9-3-8-19/h12,19H,3-10H2,1-2H3. The first-order valence-electron chi connectivity index (χ1n) is 7.24. The SMILES string of the molecule is Cc1nn(C)c(Cl)c1CN1CCC(OCCCO)CC1. The molecular weight excluding hydrogens is 278 g/mol. The van der Waals surface area contributed by atoms with Gasteiger partial charge in [0.05, 0.1) is 11.8 Å². The molecule has 1 N–H and O–H groups in total. The lowest BCUT2D eigenvalue weighted by Gasteiger charge is -2.31. The Morgan fingerprint density at radius 3 is 2.65 bits per heavy atom. The Hall–Kier alpha value is -0.620. The molecule has 1 aromatic heterocycles. The highest BCUT2D eigenvalue weighted by molar-refractivity contribution is 6.30. The first kappa shape index (κ1) is 15.8. The van der Waals surface area contributed by atoms with Gasteiger partial charge in [0, 0.05) is 45.5 Å². The van der Waals surface area contributed by atoms with Gasteiger partial charge in [0.25, 0.3) is 0 Å². The van der Waals surface area contributed by atoms with Gasteiger partial charge in [-0.3, -0.25) is 9.58 Å². The summed E-state index contributed by atoms with van der Waals surface area (Å²) in [6.07, 6.45) is 3.15. The number of aliphatic hydroxyl groups excluding tert-OH is 1. The maximum absolute atomic E-state index is 8.75. The van der Waals surface area contributed by atoms with Gasteiger partial charge in [0.1, 0.15) is 5.15 Å². The monoisotopic (exact) mass is 301 g/mol. The van der Waals surface area contributed by atoms with Crippen LogP contribution >= 0.6 is 11.6 Å². The number of ether oxygens (including phenoxy) is 1. The molecule has 0 radical (unpaired) electrons. The van der Waals surface area contributed by atoms with E-state index >= 15 is 0 Å². The Balaban J connectivity index is 1.79. The number of hydrogen-bond acceptors (Lipinski definition) is 4. The first-order chi connectivity index (χ1) is 9.61. The summed E-state index contributed by atoms with van der Waals surface area (Å²) in [6, 6.07) is 0. The minimum absolute atomic E-state index is 0.206. The summed E-state index contributed by atoms with van der Waals surface area (Å²) in [5.74, 6) is 0. The molecule has 1 aliphatic heterocycles. The number of nitrogens with zero attached hydrogens (tertiary/aromatic N) is 3. The molecule has 5 nitrogen and oxygen atoms in total. The number of halogens is 1. The normalized spacial score (nSPS) is 17.8. The van der Waals surface area contributed by atoms with Crippen LogP contribution in [0, 0.1) is 6.92 Å². The molecular formula is C14H24ClN3O2. The molecule has 2 rings (SSSR count). The highest BCUT2D eigenvalue weighted by Gasteiger charge is 2.22. The fourth-order valence-corrected chi connectivity index (χ4v) is 2.86. The molecule has 0 spiro atoms. The van der Waals surface area contributed by atoms with E-state index in [0.717, 1.165) is 55.3 Å². The highest BCUT2D eigenvalue weighted by atomic mass is 35.5. The Labute approximate surface area is 125 Å². The number of rotatable bonds is 6. The zero-order chi connectivity index (χ0) is 14.5. The zero-order valence-electron chi connectivity index (χ0n) is 12.3. The third-order valence-corrected chi connectivity index (χ3v) is 4.31. The maximum Gasteiger partial charge on any atom is 0.131 e. The summed E-state index contributed by atoms with van der Waals surface area (Å²) >= 11 is 6.27. The van der Waals surface area contributed by atoms with Gasteiger partial charge >= 0.3 is 0 Å². The molecule has 1 aliphatic rings. The van der Waals surface area contributed by atoms with E-state index in [1.807, 2.05) is 14.0 Å². The third-order valence-electron chi connectivity index (χ3n) is 3.84. The minimum Gasteiger partial charge on any atom is -0.396 e. The lowest BCUT2D eigenvalue weighted by Crippen LogP contribution is -2.36. The molecule has 1 aromatic rings. The van der Waals surface area contributed by atoms with Gasteiger partial charge in [0.15, 0.2) is 0 Å². The van der Waals surface area contributed by atoms with Gasteiger partial charge in [0.2, 0.25) is 0 Å². The van der Waals surface area contributed by atoms with Crippen LogP contribution in [0.15, 0.2) is 0 Å². The second-order valence-electron chi connectivity index (χ2n) is 5.40. The Morgan fingerprint density at radius 2 is 2.10 bits per heavy atom. The van der Waals surface area contributed by atoms with Crippen molar-refractivity contribution < 1.29 is 9.84 Å². The van der Waals surface area contributed by atoms with Gasteiger partial charge in [-0.25, -0.2) is 0 Å². The molecule has 2 heterocycles. The van der Waals surface area contributed by atoms with E-state index in [-0.39, 0.29) is 6.61 Å². The van der Waals surface area contributed by atoms with Crippen molar-refractivity contribution in [3.8, 4) is 0 Å². The molecule has 114 valence electrons. The lowest BCUT2D eigenvalue weighted by molar-refractivity contribution is 0.000764. The smallest absolute Gasteiger partial charge is 0.131 e. The number of aromatic nitrogens is 2. The van der Waals surface area contributed by atoms with Crippen LogP contribution in [-0.2, 0) is 18.3 Å². The Kier molecular flexibility index (Phi) is 5.84. The second kappa shape index (κ2) is 7.41. The van der Waals surface area contributed by atoms with Crippen LogP contribution in [0.25, 0.3) is 0 Å². The molecule has 0 unspecified atom stereocenters. The number of piperidine rings is 1. The van der Waals surface area contributed by atoms with E-state index in [9.17, 15) is 0 Å². The molecule has 20 heavy (non-hydrogen) atoms. The van der Waals surface area contributed by atoms with Gasteiger partial charge < -0.3 is 9.84 Å². The van der Waals surface area contributed by atoms with Crippen molar-refractivity contribution in [1.29, 1.82) is 0 Å². The minimum atomic E-state index is 0.206. The number of aliphatic hydroxyl groups is 1. The van der Waals surface area contributed by atoms with Crippen LogP contribution in [-0.4, -0.2) is 52.2 Å². The first-order valence-corrected chi connectivity index (χ1v) is 7.62. The van der Waals surface area contributed by atoms with E-state index in [4.69, 9.17) is 21.4 Å². The van der Waals surface area contributed by atoms with E-state index < -0.39 is 0 Å². The van der Waals surface area contributed by atoms with Crippen molar-refractivity contribution in [2.45, 2.75) is 38.8 Å². The Bertz CT molecular complexity index is 428. The number of aryl methyl sites for hydroxylation is 2. The fourth-order valence-electron chi connectivity index (χ4n) is 2.63. The quantitative estimate of drug-likeness (QED) is 0.813. The largest absolute Gasteiger partial charge is 0.396 e. The maximum atomic E-state index is 8.75. The third kappa shape index (κ3) is 3.95. The fraction of sp³-hybridized carbons (Fsp3) is 0.786. The van der Waals surface area contributed by atoms with Gasteiger partial charge in [-0.15, -0.1) is 0 Å². The van der Waals surface area contributed by atoms with Crippen LogP contribution < -0.4 is 0 Å². The van der Waals surface area contributed by atoms with E-state index in [1.165, 1.54) is 0 Å². The van der Waals surface area contributed by atoms with Gasteiger partial charge in [-0.05, 0) is 26.2 Å². The van der Waals surface area contributed by atoms with Gasteiger partial charge in [-0.1, -0.05) is 11.6 Å². The molecule has 0 aromatic carbocycles. The predicted octanol–water partition coefficient (Wildman–Crippen LogP) is 1.75. The molecule has 0 aliphatic carbocycles. The summed E-state index contributed by atoms with van der Waals surface area (Å²) in [4.78, 5) is 2.40. The van der Waals surface area contributed by atoms with Crippen LogP contribution in [0.2, 0.25) is 5.15 Å². The van der Waals surface area contributed by atoms with E-state index in [1.54, 1.807) is 4.68 Å². The summed E-state index contributed by atoms with van der Waals surface area (Å²) in [5, 5.41) is 13.8. The zero-order valence-corrected chi connectivity index (χ0v) is 13.1. The summed E-state index contributed by atoms with van der Waals surface area (Å²) in [6.45, 7) is 5.78. The van der Waals surface area contributed by atoms with Gasteiger partial charge in [-0.2, -0.15) is 5.10 Å². The summed E-state index contributed by atoms with van der Waals surface area (Å²) < 4.78 is 7.48. The van der Waals surface area contributed by atoms with E-state index in [2.05, 4.69) is 10.00 Å². The van der Waals surface area contributed by atoms with Crippen LogP contribution in [0.1, 0.15) is 30.5 Å². The topological polar surface area (TPSA) is 50.5 Å². The average Bonchev–Trinajstić information content (AvgIpc) is 2.67. The highest BCUT2D eigenvalue weighted by Crippen LogP contribution is 2.23. The van der Waals surface area contributed by atoms with Crippen molar-refractivity contribution in [2.24, 2.45) is 7.05 Å². The number of likely N-dealkylation sites (tertiary alicyclic amines) is 1. The van der Waals surface area contributed by atoms with Crippen molar-refractivity contribution in [2.75, 3.05) is 26.3 Å². The molecule has 1 fully saturated rings. The van der Waals surface area contributed by atoms with E-state index in [0.29, 0.717) is 12.7 Å². The summed E-state index contributed by atoms with van der Waals surface area (Å²) in [5.41, 5.74) is 2.15. The van der Waals surface area contributed by atoms with Crippen LogP contribution in [0.3, 0.4) is 0 Å². The molecule has 6 heteroatoms. The molecule has 0 bridgehead atoms. The molecule has 1 saturated heterocycles. The summed E-state index contributed by atoms with van der Waals surface area (Å²) in [7, 11) is 1.88. The van der Waals surface area contributed by atoms with Crippen LogP contribution in [0.5, 0.6) is 0 Å². The molecule has 0 amide bonds. The predicted molar refractivity (Wildman–Crippen MR) is 78.9 cm³/mol. The van der Waals surface area contributed by atoms with Crippen molar-refractivity contribution >= 4 is 11.6 Å². The number of hydrogen-bond donors (Lipinski definition) is 1. The van der Waals surface area contributed by atoms with Crippen LogP contribution in [0.4, 0.5) is 0 Å². The van der Waals surface area contributed by atoms with Crippen molar-refractivity contribution in [1.82, 2.24) is 14.7 Å².